The average Bonchev–Trinajstić information content (AvgIpc) is 3.13. The molecule has 0 saturated heterocycles. The first-order chi connectivity index (χ1) is 8.66. The van der Waals surface area contributed by atoms with Crippen molar-refractivity contribution in [2.45, 2.75) is 44.6 Å². The Balaban J connectivity index is 0.00000180. The lowest BCUT2D eigenvalue weighted by molar-refractivity contribution is -0.125. The normalized spacial score (nSPS) is 26.3. The molecule has 0 radical (unpaired) electrons. The second-order valence-electron chi connectivity index (χ2n) is 5.54. The van der Waals surface area contributed by atoms with Crippen molar-refractivity contribution in [3.05, 3.63) is 0 Å². The maximum atomic E-state index is 11.8. The number of carbonyl (C=O) groups excluding carboxylic acids is 2. The van der Waals surface area contributed by atoms with Crippen molar-refractivity contribution in [2.75, 3.05) is 13.1 Å². The van der Waals surface area contributed by atoms with E-state index in [9.17, 15) is 9.59 Å². The van der Waals surface area contributed by atoms with Crippen LogP contribution in [-0.2, 0) is 9.59 Å². The summed E-state index contributed by atoms with van der Waals surface area (Å²) >= 11 is 0. The van der Waals surface area contributed by atoms with E-state index in [-0.39, 0.29) is 36.2 Å². The molecule has 2 aliphatic rings. The molecule has 19 heavy (non-hydrogen) atoms. The Morgan fingerprint density at radius 3 is 2.42 bits per heavy atom. The highest BCUT2D eigenvalue weighted by Gasteiger charge is 2.30. The zero-order valence-electron chi connectivity index (χ0n) is 11.2. The van der Waals surface area contributed by atoms with Crippen LogP contribution in [0.25, 0.3) is 0 Å². The van der Waals surface area contributed by atoms with E-state index in [1.54, 1.807) is 0 Å². The molecular weight excluding hydrogens is 266 g/mol. The van der Waals surface area contributed by atoms with Crippen LogP contribution in [0.4, 0.5) is 0 Å². The highest BCUT2D eigenvalue weighted by atomic mass is 35.5. The van der Waals surface area contributed by atoms with Gasteiger partial charge in [0.25, 0.3) is 0 Å². The first-order valence-electron chi connectivity index (χ1n) is 6.96. The van der Waals surface area contributed by atoms with Gasteiger partial charge in [-0.3, -0.25) is 9.59 Å². The van der Waals surface area contributed by atoms with Gasteiger partial charge < -0.3 is 16.4 Å². The first kappa shape index (κ1) is 16.2. The number of hydrogen-bond acceptors (Lipinski definition) is 3. The van der Waals surface area contributed by atoms with E-state index in [4.69, 9.17) is 5.73 Å². The minimum absolute atomic E-state index is 0. The molecule has 6 heteroatoms. The highest BCUT2D eigenvalue weighted by Crippen LogP contribution is 2.27. The van der Waals surface area contributed by atoms with Crippen LogP contribution in [0.15, 0.2) is 0 Å². The maximum absolute atomic E-state index is 11.8. The van der Waals surface area contributed by atoms with Crippen molar-refractivity contribution in [1.82, 2.24) is 10.6 Å². The number of primary amides is 1. The third-order valence-corrected chi connectivity index (χ3v) is 3.89. The standard InChI is InChI=1S/C13H23N3O2.ClH/c14-13(18)10-3-1-2-4-11(10)16-12(17)8-15-7-9-5-6-9;/h9-11,15H,1-8H2,(H2,14,18)(H,16,17);1H. The lowest BCUT2D eigenvalue weighted by Gasteiger charge is -2.30. The summed E-state index contributed by atoms with van der Waals surface area (Å²) in [5.74, 6) is 0.275. The molecule has 2 saturated carbocycles. The van der Waals surface area contributed by atoms with Crippen molar-refractivity contribution >= 4 is 24.2 Å². The van der Waals surface area contributed by atoms with Crippen molar-refractivity contribution in [2.24, 2.45) is 17.6 Å². The molecule has 4 N–H and O–H groups in total. The number of amides is 2. The highest BCUT2D eigenvalue weighted by molar-refractivity contribution is 5.85. The molecule has 2 fully saturated rings. The minimum Gasteiger partial charge on any atom is -0.369 e. The molecule has 0 aromatic rings. The van der Waals surface area contributed by atoms with Crippen molar-refractivity contribution < 1.29 is 9.59 Å². The number of rotatable bonds is 6. The van der Waals surface area contributed by atoms with Crippen molar-refractivity contribution in [3.63, 3.8) is 0 Å². The summed E-state index contributed by atoms with van der Waals surface area (Å²) in [6.45, 7) is 1.27. The van der Waals surface area contributed by atoms with Crippen LogP contribution in [0.3, 0.4) is 0 Å². The Hall–Kier alpha value is -0.810. The zero-order valence-corrected chi connectivity index (χ0v) is 12.0. The Labute approximate surface area is 120 Å². The number of nitrogens with two attached hydrogens (primary N) is 1. The summed E-state index contributed by atoms with van der Waals surface area (Å²) in [7, 11) is 0. The van der Waals surface area contributed by atoms with Crippen molar-refractivity contribution in [3.8, 4) is 0 Å². The predicted molar refractivity (Wildman–Crippen MR) is 75.9 cm³/mol. The lowest BCUT2D eigenvalue weighted by Crippen LogP contribution is -2.49. The molecular formula is C13H24ClN3O2. The van der Waals surface area contributed by atoms with Gasteiger partial charge in [-0.15, -0.1) is 12.4 Å². The zero-order chi connectivity index (χ0) is 13.0. The molecule has 110 valence electrons. The Bertz CT molecular complexity index is 321. The van der Waals surface area contributed by atoms with Gasteiger partial charge >= 0.3 is 0 Å². The molecule has 0 spiro atoms. The van der Waals surface area contributed by atoms with Crippen LogP contribution in [0.1, 0.15) is 38.5 Å². The van der Waals surface area contributed by atoms with E-state index in [0.29, 0.717) is 6.54 Å². The Morgan fingerprint density at radius 1 is 1.11 bits per heavy atom. The first-order valence-corrected chi connectivity index (χ1v) is 6.96. The molecule has 2 rings (SSSR count). The quantitative estimate of drug-likeness (QED) is 0.668. The number of halogens is 1. The van der Waals surface area contributed by atoms with Gasteiger partial charge in [0.05, 0.1) is 12.5 Å². The number of carbonyl (C=O) groups is 2. The van der Waals surface area contributed by atoms with Crippen LogP contribution in [0.5, 0.6) is 0 Å². The minimum atomic E-state index is -0.286. The van der Waals surface area contributed by atoms with Gasteiger partial charge in [-0.25, -0.2) is 0 Å². The fourth-order valence-electron chi connectivity index (χ4n) is 2.61. The van der Waals surface area contributed by atoms with Gasteiger partial charge in [-0.2, -0.15) is 0 Å². The summed E-state index contributed by atoms with van der Waals surface area (Å²) in [5, 5.41) is 6.09. The van der Waals surface area contributed by atoms with Gasteiger partial charge in [-0.05, 0) is 38.1 Å². The molecule has 0 bridgehead atoms. The van der Waals surface area contributed by atoms with Crippen LogP contribution in [-0.4, -0.2) is 30.9 Å². The van der Waals surface area contributed by atoms with E-state index in [1.807, 2.05) is 0 Å². The topological polar surface area (TPSA) is 84.2 Å². The molecule has 0 heterocycles. The van der Waals surface area contributed by atoms with Crippen molar-refractivity contribution in [1.29, 1.82) is 0 Å². The third kappa shape index (κ3) is 5.37. The van der Waals surface area contributed by atoms with E-state index < -0.39 is 0 Å². The summed E-state index contributed by atoms with van der Waals surface area (Å²) in [5.41, 5.74) is 5.38. The molecule has 2 aliphatic carbocycles. The van der Waals surface area contributed by atoms with Crippen LogP contribution >= 0.6 is 12.4 Å². The average molecular weight is 290 g/mol. The van der Waals surface area contributed by atoms with Crippen LogP contribution < -0.4 is 16.4 Å². The van der Waals surface area contributed by atoms with Gasteiger partial charge in [0, 0.05) is 6.04 Å². The summed E-state index contributed by atoms with van der Waals surface area (Å²) < 4.78 is 0. The van der Waals surface area contributed by atoms with Gasteiger partial charge in [0.2, 0.25) is 11.8 Å². The molecule has 2 atom stereocenters. The van der Waals surface area contributed by atoms with Gasteiger partial charge in [0.15, 0.2) is 0 Å². The second-order valence-corrected chi connectivity index (χ2v) is 5.54. The van der Waals surface area contributed by atoms with Crippen LogP contribution in [0, 0.1) is 11.8 Å². The largest absolute Gasteiger partial charge is 0.369 e. The van der Waals surface area contributed by atoms with Crippen LogP contribution in [0.2, 0.25) is 0 Å². The Kier molecular flexibility index (Phi) is 6.58. The molecule has 2 unspecified atom stereocenters. The monoisotopic (exact) mass is 289 g/mol. The Morgan fingerprint density at radius 2 is 1.79 bits per heavy atom. The van der Waals surface area contributed by atoms with Gasteiger partial charge in [0.1, 0.15) is 0 Å². The lowest BCUT2D eigenvalue weighted by atomic mass is 9.84. The van der Waals surface area contributed by atoms with E-state index in [2.05, 4.69) is 10.6 Å². The predicted octanol–water partition coefficient (Wildman–Crippen LogP) is 0.568. The number of nitrogens with one attached hydrogen (secondary N) is 2. The van der Waals surface area contributed by atoms with E-state index >= 15 is 0 Å². The summed E-state index contributed by atoms with van der Waals surface area (Å²) in [6, 6.07) is -0.0634. The fraction of sp³-hybridized carbons (Fsp3) is 0.846. The number of hydrogen-bond donors (Lipinski definition) is 3. The smallest absolute Gasteiger partial charge is 0.234 e. The second kappa shape index (κ2) is 7.70. The van der Waals surface area contributed by atoms with Gasteiger partial charge in [-0.1, -0.05) is 12.8 Å². The maximum Gasteiger partial charge on any atom is 0.234 e. The van der Waals surface area contributed by atoms with E-state index in [1.165, 1.54) is 12.8 Å². The fourth-order valence-corrected chi connectivity index (χ4v) is 2.61. The molecule has 5 nitrogen and oxygen atoms in total. The molecule has 0 aromatic heterocycles. The molecule has 0 aromatic carbocycles. The SMILES string of the molecule is Cl.NC(=O)C1CCCCC1NC(=O)CNCC1CC1. The third-order valence-electron chi connectivity index (χ3n) is 3.89. The molecule has 0 aliphatic heterocycles. The molecule has 2 amide bonds. The summed E-state index contributed by atoms with van der Waals surface area (Å²) in [4.78, 5) is 23.1. The summed E-state index contributed by atoms with van der Waals surface area (Å²) in [6.07, 6.45) is 6.31. The van der Waals surface area contributed by atoms with E-state index in [0.717, 1.165) is 38.1 Å².